The Hall–Kier alpha value is -5.88. The van der Waals surface area contributed by atoms with Crippen molar-refractivity contribution in [3.63, 3.8) is 0 Å². The average Bonchev–Trinajstić information content (AvgIpc) is 4.03. The number of amides is 8. The van der Waals surface area contributed by atoms with Crippen LogP contribution in [0.3, 0.4) is 0 Å². The van der Waals surface area contributed by atoms with Gasteiger partial charge in [-0.3, -0.25) is 38.4 Å². The number of rotatable bonds is 16. The van der Waals surface area contributed by atoms with Crippen LogP contribution in [0.15, 0.2) is 48.5 Å². The van der Waals surface area contributed by atoms with E-state index in [2.05, 4.69) is 54.7 Å². The summed E-state index contributed by atoms with van der Waals surface area (Å²) in [6.45, 7) is 14.8. The van der Waals surface area contributed by atoms with Gasteiger partial charge in [-0.05, 0) is 138 Å². The molecular formula is C58H86N10O8. The first-order valence-electron chi connectivity index (χ1n) is 27.9. The molecule has 76 heavy (non-hydrogen) atoms. The van der Waals surface area contributed by atoms with Crippen LogP contribution in [0.1, 0.15) is 154 Å². The van der Waals surface area contributed by atoms with Gasteiger partial charge in [-0.2, -0.15) is 0 Å². The van der Waals surface area contributed by atoms with E-state index in [1.807, 2.05) is 77.9 Å². The highest BCUT2D eigenvalue weighted by Crippen LogP contribution is 2.35. The minimum Gasteiger partial charge on any atom is -0.351 e. The molecule has 416 valence electrons. The second-order valence-electron chi connectivity index (χ2n) is 24.4. The number of likely N-dealkylation sites (tertiary alicyclic amines) is 2. The molecule has 2 heterocycles. The third kappa shape index (κ3) is 13.6. The summed E-state index contributed by atoms with van der Waals surface area (Å²) >= 11 is 0. The SMILES string of the molecule is CN[C@@H](C)C(=O)N[C@H](C(=O)N1C[C@@H](NC(=O)[C@H]2CC[C@H](C(=O)N[C@H]3C[C@@H](C(=O)N[C@@H]4CCCc5ccccc54)N(C(=O)[C@@H](NC(=O)[C@H](C)NC)C(C)(C)C)C3)CC2)C[C@H]1C(=O)N[C@@H]1CCCc2ccccc21)C(C)(C)C. The number of aryl methyl sites for hydroxylation is 2. The van der Waals surface area contributed by atoms with Gasteiger partial charge in [-0.25, -0.2) is 0 Å². The molecule has 10 atom stereocenters. The molecule has 8 N–H and O–H groups in total. The zero-order valence-electron chi connectivity index (χ0n) is 46.6. The summed E-state index contributed by atoms with van der Waals surface area (Å²) in [7, 11) is 3.34. The number of fused-ring (bicyclic) bond motifs is 2. The number of carbonyl (C=O) groups excluding carboxylic acids is 8. The van der Waals surface area contributed by atoms with Crippen LogP contribution in [0.2, 0.25) is 0 Å². The predicted octanol–water partition coefficient (Wildman–Crippen LogP) is 3.63. The Morgan fingerprint density at radius 1 is 0.500 bits per heavy atom. The van der Waals surface area contributed by atoms with Crippen LogP contribution in [-0.2, 0) is 51.2 Å². The van der Waals surface area contributed by atoms with Gasteiger partial charge in [0, 0.05) is 37.0 Å². The first-order chi connectivity index (χ1) is 36.0. The molecule has 18 heteroatoms. The minimum absolute atomic E-state index is 0.0809. The van der Waals surface area contributed by atoms with Crippen LogP contribution in [0.25, 0.3) is 0 Å². The molecule has 0 bridgehead atoms. The Morgan fingerprint density at radius 3 is 1.20 bits per heavy atom. The zero-order chi connectivity index (χ0) is 55.2. The zero-order valence-corrected chi connectivity index (χ0v) is 46.6. The molecule has 1 saturated carbocycles. The maximum absolute atomic E-state index is 14.7. The number of carbonyl (C=O) groups is 8. The van der Waals surface area contributed by atoms with Crippen LogP contribution in [0.5, 0.6) is 0 Å². The van der Waals surface area contributed by atoms with Crippen LogP contribution in [0.4, 0.5) is 0 Å². The second kappa shape index (κ2) is 24.6. The third-order valence-corrected chi connectivity index (χ3v) is 16.8. The molecule has 2 aromatic rings. The van der Waals surface area contributed by atoms with Gasteiger partial charge >= 0.3 is 0 Å². The number of likely N-dealkylation sites (N-methyl/N-ethyl adjacent to an activating group) is 2. The molecule has 5 aliphatic rings. The summed E-state index contributed by atoms with van der Waals surface area (Å²) in [6.07, 6.45) is 7.32. The van der Waals surface area contributed by atoms with Crippen LogP contribution in [-0.4, -0.2) is 133 Å². The van der Waals surface area contributed by atoms with E-state index in [0.717, 1.165) is 49.7 Å². The van der Waals surface area contributed by atoms with Gasteiger partial charge in [0.15, 0.2) is 0 Å². The van der Waals surface area contributed by atoms with Crippen molar-refractivity contribution in [3.05, 3.63) is 70.8 Å². The second-order valence-corrected chi connectivity index (χ2v) is 24.4. The smallest absolute Gasteiger partial charge is 0.246 e. The highest BCUT2D eigenvalue weighted by atomic mass is 16.2. The summed E-state index contributed by atoms with van der Waals surface area (Å²) in [6, 6.07) is 9.80. The topological polar surface area (TPSA) is 239 Å². The van der Waals surface area contributed by atoms with Gasteiger partial charge in [0.05, 0.1) is 24.2 Å². The maximum Gasteiger partial charge on any atom is 0.246 e. The van der Waals surface area contributed by atoms with Crippen molar-refractivity contribution in [1.82, 2.24) is 52.3 Å². The fraction of sp³-hybridized carbons (Fsp3) is 0.655. The van der Waals surface area contributed by atoms with Crippen molar-refractivity contribution in [2.24, 2.45) is 22.7 Å². The largest absolute Gasteiger partial charge is 0.351 e. The maximum atomic E-state index is 14.7. The molecule has 0 unspecified atom stereocenters. The van der Waals surface area contributed by atoms with Crippen LogP contribution in [0, 0.1) is 22.7 Å². The van der Waals surface area contributed by atoms with Crippen molar-refractivity contribution in [3.8, 4) is 0 Å². The van der Waals surface area contributed by atoms with E-state index in [1.54, 1.807) is 27.9 Å². The fourth-order valence-electron chi connectivity index (χ4n) is 11.9. The summed E-state index contributed by atoms with van der Waals surface area (Å²) in [5.41, 5.74) is 3.08. The molecular weight excluding hydrogens is 965 g/mol. The van der Waals surface area contributed by atoms with E-state index in [1.165, 1.54) is 20.9 Å². The summed E-state index contributed by atoms with van der Waals surface area (Å²) < 4.78 is 0. The molecule has 0 spiro atoms. The quantitative estimate of drug-likeness (QED) is 0.122. The fourth-order valence-corrected chi connectivity index (χ4v) is 11.9. The van der Waals surface area contributed by atoms with Crippen LogP contribution < -0.4 is 42.5 Å². The van der Waals surface area contributed by atoms with Gasteiger partial charge in [0.25, 0.3) is 0 Å². The van der Waals surface area contributed by atoms with Crippen molar-refractivity contribution < 1.29 is 38.4 Å². The van der Waals surface area contributed by atoms with Crippen molar-refractivity contribution in [2.75, 3.05) is 27.2 Å². The Balaban J connectivity index is 1.01. The molecule has 8 amide bonds. The number of hydrogen-bond donors (Lipinski definition) is 8. The Morgan fingerprint density at radius 2 is 0.855 bits per heavy atom. The molecule has 7 rings (SSSR count). The third-order valence-electron chi connectivity index (χ3n) is 16.8. The van der Waals surface area contributed by atoms with Gasteiger partial charge in [0.1, 0.15) is 24.2 Å². The summed E-state index contributed by atoms with van der Waals surface area (Å²) in [4.78, 5) is 116. The molecule has 0 aromatic heterocycles. The normalized spacial score (nSPS) is 26.1. The van der Waals surface area contributed by atoms with Gasteiger partial charge in [-0.1, -0.05) is 90.1 Å². The lowest BCUT2D eigenvalue weighted by atomic mass is 9.81. The Labute approximate surface area is 449 Å². The van der Waals surface area contributed by atoms with Gasteiger partial charge < -0.3 is 52.3 Å². The first-order valence-corrected chi connectivity index (χ1v) is 27.9. The number of nitrogens with zero attached hydrogens (tertiary/aromatic N) is 2. The van der Waals surface area contributed by atoms with E-state index in [4.69, 9.17) is 0 Å². The molecule has 18 nitrogen and oxygen atoms in total. The monoisotopic (exact) mass is 1050 g/mol. The van der Waals surface area contributed by atoms with E-state index in [-0.39, 0.29) is 73.5 Å². The van der Waals surface area contributed by atoms with E-state index < -0.39 is 82.8 Å². The first kappa shape index (κ1) is 57.8. The molecule has 2 saturated heterocycles. The Kier molecular flexibility index (Phi) is 18.7. The van der Waals surface area contributed by atoms with Crippen molar-refractivity contribution >= 4 is 47.3 Å². The standard InChI is InChI=1S/C58H86N10O8/c1-33(59-9)49(69)65-47(57(3,4)5)55(75)67-31-39(29-45(67)53(73)63-43-23-15-19-35-17-11-13-21-41(35)43)61-51(71)37-25-27-38(28-26-37)52(72)62-40-30-46(54(74)64-44-24-16-20-36-18-12-14-22-42(36)44)68(32-40)56(76)48(58(6,7)8)66-50(70)34(2)60-10/h11-14,17-18,21-22,33-34,37-40,43-48,59-60H,15-16,19-20,23-32H2,1-10H3,(H,61,71)(H,62,72)(H,63,73)(H,64,74)(H,65,69)(H,66,70)/t33-,34-,37-,38-,39-,40-,43+,44+,45-,46-,47+,48+/m0/s1. The number of hydrogen-bond acceptors (Lipinski definition) is 10. The molecule has 2 aliphatic heterocycles. The average molecular weight is 1050 g/mol. The minimum atomic E-state index is -0.951. The van der Waals surface area contributed by atoms with Crippen molar-refractivity contribution in [2.45, 2.75) is 193 Å². The highest BCUT2D eigenvalue weighted by molar-refractivity contribution is 5.96. The Bertz CT molecular complexity index is 2290. The summed E-state index contributed by atoms with van der Waals surface area (Å²) in [5, 5.41) is 24.6. The molecule has 2 aromatic carbocycles. The van der Waals surface area contributed by atoms with E-state index in [0.29, 0.717) is 25.7 Å². The predicted molar refractivity (Wildman–Crippen MR) is 290 cm³/mol. The highest BCUT2D eigenvalue weighted by Gasteiger charge is 2.49. The molecule has 3 aliphatic carbocycles. The van der Waals surface area contributed by atoms with Gasteiger partial charge in [0.2, 0.25) is 47.3 Å². The lowest BCUT2D eigenvalue weighted by Gasteiger charge is -2.36. The van der Waals surface area contributed by atoms with Gasteiger partial charge in [-0.15, -0.1) is 0 Å². The van der Waals surface area contributed by atoms with E-state index >= 15 is 0 Å². The molecule has 0 radical (unpaired) electrons. The lowest BCUT2D eigenvalue weighted by molar-refractivity contribution is -0.144. The lowest BCUT2D eigenvalue weighted by Crippen LogP contribution is -2.59. The molecule has 3 fully saturated rings. The number of nitrogens with one attached hydrogen (secondary N) is 8. The summed E-state index contributed by atoms with van der Waals surface area (Å²) in [5.74, 6) is -3.31. The van der Waals surface area contributed by atoms with Crippen molar-refractivity contribution in [1.29, 1.82) is 0 Å². The number of benzene rings is 2. The van der Waals surface area contributed by atoms with E-state index in [9.17, 15) is 38.4 Å². The van der Waals surface area contributed by atoms with Crippen LogP contribution >= 0.6 is 0 Å².